The topological polar surface area (TPSA) is 79.5 Å². The van der Waals surface area contributed by atoms with Crippen molar-refractivity contribution < 1.29 is 18.9 Å². The average Bonchev–Trinajstić information content (AvgIpc) is 3.13. The summed E-state index contributed by atoms with van der Waals surface area (Å²) < 4.78 is 26.7. The van der Waals surface area contributed by atoms with E-state index in [4.69, 9.17) is 23.9 Å². The van der Waals surface area contributed by atoms with Crippen LogP contribution in [0.25, 0.3) is 0 Å². The first-order valence-corrected chi connectivity index (χ1v) is 27.4. The van der Waals surface area contributed by atoms with Crippen LogP contribution in [0.3, 0.4) is 0 Å². The van der Waals surface area contributed by atoms with Crippen molar-refractivity contribution in [2.24, 2.45) is 16.8 Å². The summed E-state index contributed by atoms with van der Waals surface area (Å²) in [5, 5.41) is 10.4. The predicted molar refractivity (Wildman–Crippen MR) is 217 cm³/mol. The zero-order valence-corrected chi connectivity index (χ0v) is 35.0. The lowest BCUT2D eigenvalue weighted by Crippen LogP contribution is -2.55. The molecule has 0 N–H and O–H groups in total. The molecule has 5 rings (SSSR count). The highest BCUT2D eigenvalue weighted by molar-refractivity contribution is 6.76. The zero-order chi connectivity index (χ0) is 37.0. The SMILES string of the molecule is C[Si](C)(C)CCOCO[C@@H]1[C@@H](OCOCC[Si](C)(C)C)[C@@H](Cc2ccccc2)N(CC2CCC2)C(=NC#N)N(CC2CCC2)[C@@H]1Cc1ccccc1. The van der Waals surface area contributed by atoms with Gasteiger partial charge in [-0.25, -0.2) is 0 Å². The molecule has 0 spiro atoms. The molecular formula is C42H66N4O4Si2. The molecule has 2 aromatic rings. The van der Waals surface area contributed by atoms with E-state index in [9.17, 15) is 5.26 Å². The highest BCUT2D eigenvalue weighted by Crippen LogP contribution is 2.37. The molecule has 2 aromatic carbocycles. The Morgan fingerprint density at radius 2 is 1.06 bits per heavy atom. The van der Waals surface area contributed by atoms with Gasteiger partial charge in [0.1, 0.15) is 25.8 Å². The van der Waals surface area contributed by atoms with Crippen molar-refractivity contribution in [1.82, 2.24) is 9.80 Å². The van der Waals surface area contributed by atoms with Gasteiger partial charge in [-0.3, -0.25) is 0 Å². The molecule has 0 radical (unpaired) electrons. The van der Waals surface area contributed by atoms with E-state index < -0.39 is 16.1 Å². The summed E-state index contributed by atoms with van der Waals surface area (Å²) in [6.45, 7) is 17.7. The number of aliphatic imine (C=N–C) groups is 1. The third-order valence-corrected chi connectivity index (χ3v) is 14.6. The molecule has 10 heteroatoms. The highest BCUT2D eigenvalue weighted by atomic mass is 28.3. The van der Waals surface area contributed by atoms with E-state index in [1.54, 1.807) is 0 Å². The van der Waals surface area contributed by atoms with Gasteiger partial charge in [0.25, 0.3) is 0 Å². The van der Waals surface area contributed by atoms with E-state index in [-0.39, 0.29) is 37.9 Å². The number of benzene rings is 2. The first-order valence-electron chi connectivity index (χ1n) is 20.0. The van der Waals surface area contributed by atoms with Crippen LogP contribution in [0.2, 0.25) is 51.4 Å². The fourth-order valence-corrected chi connectivity index (χ4v) is 8.99. The number of guanidine groups is 1. The van der Waals surface area contributed by atoms with Gasteiger partial charge in [-0.05, 0) is 73.6 Å². The zero-order valence-electron chi connectivity index (χ0n) is 33.0. The molecule has 2 aliphatic carbocycles. The lowest BCUT2D eigenvalue weighted by molar-refractivity contribution is -0.188. The number of ether oxygens (including phenoxy) is 4. The second kappa shape index (κ2) is 19.7. The lowest BCUT2D eigenvalue weighted by atomic mass is 9.84. The van der Waals surface area contributed by atoms with Gasteiger partial charge in [0.05, 0.1) is 12.1 Å². The van der Waals surface area contributed by atoms with Crippen molar-refractivity contribution in [3.05, 3.63) is 71.8 Å². The fourth-order valence-electron chi connectivity index (χ4n) is 7.47. The lowest BCUT2D eigenvalue weighted by Gasteiger charge is -2.43. The Hall–Kier alpha value is -2.53. The molecular weight excluding hydrogens is 681 g/mol. The van der Waals surface area contributed by atoms with Gasteiger partial charge < -0.3 is 28.7 Å². The smallest absolute Gasteiger partial charge is 0.213 e. The van der Waals surface area contributed by atoms with Crippen molar-refractivity contribution in [2.75, 3.05) is 39.9 Å². The van der Waals surface area contributed by atoms with Crippen molar-refractivity contribution in [3.63, 3.8) is 0 Å². The summed E-state index contributed by atoms with van der Waals surface area (Å²) in [6.07, 6.45) is 10.3. The molecule has 3 fully saturated rings. The van der Waals surface area contributed by atoms with Crippen LogP contribution < -0.4 is 0 Å². The van der Waals surface area contributed by atoms with E-state index in [1.807, 2.05) is 0 Å². The summed E-state index contributed by atoms with van der Waals surface area (Å²) in [4.78, 5) is 9.68. The molecule has 0 unspecified atom stereocenters. The summed E-state index contributed by atoms with van der Waals surface area (Å²) in [5.41, 5.74) is 2.46. The third-order valence-electron chi connectivity index (χ3n) is 11.2. The standard InChI is InChI=1S/C42H66N4O4Si2/c1-51(2,3)25-23-47-32-49-40-38(27-34-15-9-7-10-16-34)45(29-36-19-13-20-36)42(44-31-43)46(30-37-21-14-22-37)39(28-35-17-11-8-12-18-35)41(40)50-33-48-24-26-52(4,5)6/h7-12,15-18,36-41H,13-14,19-30,32-33H2,1-6H3/t38-,39-,40+,41+/m1/s1. The Morgan fingerprint density at radius 3 is 1.38 bits per heavy atom. The van der Waals surface area contributed by atoms with Crippen LogP contribution in [0.15, 0.2) is 65.7 Å². The maximum atomic E-state index is 10.4. The molecule has 1 aliphatic heterocycles. The largest absolute Gasteiger partial charge is 0.356 e. The molecule has 52 heavy (non-hydrogen) atoms. The van der Waals surface area contributed by atoms with Gasteiger partial charge in [-0.15, -0.1) is 4.99 Å². The number of nitrogens with zero attached hydrogens (tertiary/aromatic N) is 4. The number of hydrogen-bond donors (Lipinski definition) is 0. The van der Waals surface area contributed by atoms with Crippen molar-refractivity contribution in [3.8, 4) is 6.19 Å². The second-order valence-electron chi connectivity index (χ2n) is 17.9. The van der Waals surface area contributed by atoms with Gasteiger partial charge >= 0.3 is 0 Å². The van der Waals surface area contributed by atoms with E-state index >= 15 is 0 Å². The van der Waals surface area contributed by atoms with Gasteiger partial charge in [0, 0.05) is 42.5 Å². The van der Waals surface area contributed by atoms with Crippen LogP contribution in [-0.2, 0) is 31.8 Å². The molecule has 0 amide bonds. The molecule has 286 valence electrons. The number of hydrogen-bond acceptors (Lipinski definition) is 6. The maximum Gasteiger partial charge on any atom is 0.213 e. The van der Waals surface area contributed by atoms with Crippen molar-refractivity contribution in [1.29, 1.82) is 5.26 Å². The van der Waals surface area contributed by atoms with Gasteiger partial charge in [-0.1, -0.05) is 113 Å². The van der Waals surface area contributed by atoms with Crippen LogP contribution in [-0.4, -0.2) is 96.1 Å². The maximum absolute atomic E-state index is 10.4. The first-order chi connectivity index (χ1) is 25.0. The Bertz CT molecular complexity index is 1310. The van der Waals surface area contributed by atoms with Gasteiger partial charge in [-0.2, -0.15) is 5.26 Å². The Balaban J connectivity index is 1.60. The van der Waals surface area contributed by atoms with Crippen molar-refractivity contribution in [2.45, 2.75) is 127 Å². The Kier molecular flexibility index (Phi) is 15.4. The van der Waals surface area contributed by atoms with E-state index in [0.717, 1.165) is 44.0 Å². The molecule has 4 atom stereocenters. The van der Waals surface area contributed by atoms with Gasteiger partial charge in [0.2, 0.25) is 12.2 Å². The second-order valence-corrected chi connectivity index (χ2v) is 29.1. The first kappa shape index (κ1) is 40.7. The number of rotatable bonds is 20. The summed E-state index contributed by atoms with van der Waals surface area (Å²) in [6, 6.07) is 23.3. The fraction of sp³-hybridized carbons (Fsp3) is 0.667. The van der Waals surface area contributed by atoms with Crippen LogP contribution >= 0.6 is 0 Å². The van der Waals surface area contributed by atoms with Crippen molar-refractivity contribution >= 4 is 22.1 Å². The summed E-state index contributed by atoms with van der Waals surface area (Å²) >= 11 is 0. The quantitative estimate of drug-likeness (QED) is 0.0581. The van der Waals surface area contributed by atoms with Crippen LogP contribution in [0.4, 0.5) is 0 Å². The normalized spacial score (nSPS) is 23.1. The molecule has 8 nitrogen and oxygen atoms in total. The third kappa shape index (κ3) is 12.5. The monoisotopic (exact) mass is 746 g/mol. The minimum absolute atomic E-state index is 0.132. The molecule has 3 aliphatic rings. The van der Waals surface area contributed by atoms with Crippen LogP contribution in [0, 0.1) is 23.3 Å². The molecule has 0 bridgehead atoms. The highest BCUT2D eigenvalue weighted by Gasteiger charge is 2.49. The number of nitriles is 1. The minimum atomic E-state index is -1.28. The van der Waals surface area contributed by atoms with Gasteiger partial charge in [0.15, 0.2) is 0 Å². The summed E-state index contributed by atoms with van der Waals surface area (Å²) in [5.74, 6) is 1.88. The van der Waals surface area contributed by atoms with Crippen LogP contribution in [0.5, 0.6) is 0 Å². The minimum Gasteiger partial charge on any atom is -0.356 e. The van der Waals surface area contributed by atoms with E-state index in [0.29, 0.717) is 25.0 Å². The predicted octanol–water partition coefficient (Wildman–Crippen LogP) is 8.66. The molecule has 1 heterocycles. The van der Waals surface area contributed by atoms with E-state index in [2.05, 4.69) is 116 Å². The van der Waals surface area contributed by atoms with E-state index in [1.165, 1.54) is 49.7 Å². The molecule has 2 saturated carbocycles. The Labute approximate surface area is 316 Å². The Morgan fingerprint density at radius 1 is 0.654 bits per heavy atom. The average molecular weight is 747 g/mol. The van der Waals surface area contributed by atoms with Crippen LogP contribution in [0.1, 0.15) is 49.7 Å². The molecule has 0 aromatic heterocycles. The molecule has 1 saturated heterocycles. The summed E-state index contributed by atoms with van der Waals surface area (Å²) in [7, 11) is -2.55.